The minimum Gasteiger partial charge on any atom is -0.507 e. The third kappa shape index (κ3) is 2.42. The number of aryl methyl sites for hydroxylation is 1. The molecule has 7 heteroatoms. The van der Waals surface area contributed by atoms with Gasteiger partial charge in [-0.05, 0) is 31.2 Å². The number of nitrogens with zero attached hydrogens (tertiary/aromatic N) is 2. The zero-order valence-electron chi connectivity index (χ0n) is 13.3. The molecule has 0 aliphatic carbocycles. The number of benzene rings is 2. The summed E-state index contributed by atoms with van der Waals surface area (Å²) in [5.41, 5.74) is 1.72. The summed E-state index contributed by atoms with van der Waals surface area (Å²) in [4.78, 5) is 30.7. The molecule has 0 saturated heterocycles. The van der Waals surface area contributed by atoms with Gasteiger partial charge in [-0.2, -0.15) is 5.10 Å². The molecule has 2 aromatic heterocycles. The molecule has 0 atom stereocenters. The topological polar surface area (TPSA) is 103 Å². The van der Waals surface area contributed by atoms with Crippen LogP contribution in [0.15, 0.2) is 57.2 Å². The monoisotopic (exact) mass is 334 g/mol. The van der Waals surface area contributed by atoms with E-state index in [1.807, 2.05) is 25.1 Å². The van der Waals surface area contributed by atoms with E-state index >= 15 is 0 Å². The van der Waals surface area contributed by atoms with Gasteiger partial charge in [0, 0.05) is 16.5 Å². The molecule has 0 bridgehead atoms. The highest BCUT2D eigenvalue weighted by Gasteiger charge is 2.12. The van der Waals surface area contributed by atoms with Crippen molar-refractivity contribution < 1.29 is 5.11 Å². The van der Waals surface area contributed by atoms with Crippen LogP contribution in [-0.4, -0.2) is 26.0 Å². The first kappa shape index (κ1) is 14.9. The van der Waals surface area contributed by atoms with Crippen LogP contribution in [0, 0.1) is 6.92 Å². The summed E-state index contributed by atoms with van der Waals surface area (Å²) in [7, 11) is 0. The SMILES string of the molecule is Cc1ccc2[nH]c3c(=O)n(/N=C\c4ccccc4O)c(=O)[nH]c3c2c1. The number of phenols is 1. The molecule has 2 aromatic carbocycles. The second-order valence-electron chi connectivity index (χ2n) is 5.77. The second kappa shape index (κ2) is 5.48. The van der Waals surface area contributed by atoms with Crippen molar-refractivity contribution in [2.24, 2.45) is 5.10 Å². The van der Waals surface area contributed by atoms with Crippen LogP contribution in [0.4, 0.5) is 0 Å². The molecule has 25 heavy (non-hydrogen) atoms. The molecule has 0 radical (unpaired) electrons. The number of aromatic amines is 2. The van der Waals surface area contributed by atoms with Crippen molar-refractivity contribution in [3.8, 4) is 5.75 Å². The third-order valence-electron chi connectivity index (χ3n) is 4.03. The van der Waals surface area contributed by atoms with Crippen molar-refractivity contribution in [2.75, 3.05) is 0 Å². The zero-order chi connectivity index (χ0) is 17.6. The van der Waals surface area contributed by atoms with E-state index in [0.717, 1.165) is 21.1 Å². The first-order valence-corrected chi connectivity index (χ1v) is 7.64. The lowest BCUT2D eigenvalue weighted by atomic mass is 10.2. The zero-order valence-corrected chi connectivity index (χ0v) is 13.3. The van der Waals surface area contributed by atoms with E-state index in [1.165, 1.54) is 12.3 Å². The Morgan fingerprint density at radius 3 is 2.68 bits per heavy atom. The maximum Gasteiger partial charge on any atom is 0.350 e. The van der Waals surface area contributed by atoms with Crippen LogP contribution >= 0.6 is 0 Å². The van der Waals surface area contributed by atoms with Crippen LogP contribution in [0.3, 0.4) is 0 Å². The predicted octanol–water partition coefficient (Wildman–Crippen LogP) is 2.07. The minimum atomic E-state index is -0.647. The van der Waals surface area contributed by atoms with Crippen molar-refractivity contribution >= 4 is 28.2 Å². The summed E-state index contributed by atoms with van der Waals surface area (Å²) in [6.45, 7) is 1.94. The van der Waals surface area contributed by atoms with Gasteiger partial charge in [0.2, 0.25) is 0 Å². The van der Waals surface area contributed by atoms with Gasteiger partial charge < -0.3 is 15.1 Å². The largest absolute Gasteiger partial charge is 0.507 e. The third-order valence-corrected chi connectivity index (χ3v) is 4.03. The predicted molar refractivity (Wildman–Crippen MR) is 96.5 cm³/mol. The Bertz CT molecular complexity index is 1260. The normalized spacial score (nSPS) is 11.7. The molecule has 0 spiro atoms. The van der Waals surface area contributed by atoms with Gasteiger partial charge in [0.05, 0.1) is 11.7 Å². The number of aromatic nitrogens is 3. The molecule has 7 nitrogen and oxygen atoms in total. The summed E-state index contributed by atoms with van der Waals surface area (Å²) in [5.74, 6) is 0.0119. The van der Waals surface area contributed by atoms with Crippen molar-refractivity contribution in [2.45, 2.75) is 6.92 Å². The molecule has 2 heterocycles. The average molecular weight is 334 g/mol. The van der Waals surface area contributed by atoms with Crippen LogP contribution in [0.5, 0.6) is 5.75 Å². The van der Waals surface area contributed by atoms with Crippen LogP contribution in [-0.2, 0) is 0 Å². The number of phenolic OH excluding ortho intramolecular Hbond substituents is 1. The van der Waals surface area contributed by atoms with Crippen LogP contribution in [0.2, 0.25) is 0 Å². The van der Waals surface area contributed by atoms with E-state index in [4.69, 9.17) is 0 Å². The number of H-pyrrole nitrogens is 2. The van der Waals surface area contributed by atoms with Gasteiger partial charge in [-0.3, -0.25) is 4.79 Å². The summed E-state index contributed by atoms with van der Waals surface area (Å²) in [5, 5.41) is 14.5. The Kier molecular flexibility index (Phi) is 3.28. The fraction of sp³-hybridized carbons (Fsp3) is 0.0556. The molecule has 3 N–H and O–H groups in total. The van der Waals surface area contributed by atoms with Crippen LogP contribution in [0.25, 0.3) is 21.9 Å². The van der Waals surface area contributed by atoms with Gasteiger partial charge in [-0.1, -0.05) is 23.8 Å². The van der Waals surface area contributed by atoms with Gasteiger partial charge in [0.25, 0.3) is 0 Å². The molecule has 0 saturated carbocycles. The molecule has 4 rings (SSSR count). The number of para-hydroxylation sites is 1. The molecule has 0 fully saturated rings. The summed E-state index contributed by atoms with van der Waals surface area (Å²) in [6.07, 6.45) is 1.27. The Morgan fingerprint density at radius 1 is 1.08 bits per heavy atom. The molecule has 0 aliphatic rings. The maximum atomic E-state index is 12.6. The van der Waals surface area contributed by atoms with Crippen molar-refractivity contribution in [1.29, 1.82) is 0 Å². The van der Waals surface area contributed by atoms with E-state index in [9.17, 15) is 14.7 Å². The molecular formula is C18H14N4O3. The fourth-order valence-electron chi connectivity index (χ4n) is 2.78. The number of hydrogen-bond acceptors (Lipinski definition) is 4. The molecule has 0 unspecified atom stereocenters. The van der Waals surface area contributed by atoms with E-state index < -0.39 is 11.2 Å². The molecule has 124 valence electrons. The van der Waals surface area contributed by atoms with Crippen LogP contribution < -0.4 is 11.2 Å². The minimum absolute atomic E-state index is 0.0119. The van der Waals surface area contributed by atoms with Crippen molar-refractivity contribution in [3.63, 3.8) is 0 Å². The molecular weight excluding hydrogens is 320 g/mol. The summed E-state index contributed by atoms with van der Waals surface area (Å²) < 4.78 is 0.733. The van der Waals surface area contributed by atoms with E-state index in [1.54, 1.807) is 18.2 Å². The van der Waals surface area contributed by atoms with Gasteiger partial charge in [-0.25, -0.2) is 4.79 Å². The summed E-state index contributed by atoms with van der Waals surface area (Å²) >= 11 is 0. The molecule has 0 amide bonds. The number of aromatic hydroxyl groups is 1. The van der Waals surface area contributed by atoms with Gasteiger partial charge in [0.15, 0.2) is 0 Å². The lowest BCUT2D eigenvalue weighted by Crippen LogP contribution is -2.32. The quantitative estimate of drug-likeness (QED) is 0.489. The second-order valence-corrected chi connectivity index (χ2v) is 5.77. The first-order valence-electron chi connectivity index (χ1n) is 7.64. The Labute approximate surface area is 140 Å². The number of fused-ring (bicyclic) bond motifs is 3. The highest BCUT2D eigenvalue weighted by atomic mass is 16.3. The van der Waals surface area contributed by atoms with E-state index in [2.05, 4.69) is 15.1 Å². The Hall–Kier alpha value is -3.61. The van der Waals surface area contributed by atoms with Crippen LogP contribution in [0.1, 0.15) is 11.1 Å². The molecule has 0 aliphatic heterocycles. The van der Waals surface area contributed by atoms with E-state index in [0.29, 0.717) is 11.1 Å². The standard InChI is InChI=1S/C18H14N4O3/c1-10-6-7-13-12(8-10)15-16(20-13)17(24)22(18(25)21-15)19-9-11-4-2-3-5-14(11)23/h2-9,20,23H,1H3,(H,21,25)/b19-9-. The van der Waals surface area contributed by atoms with Crippen molar-refractivity contribution in [1.82, 2.24) is 14.6 Å². The van der Waals surface area contributed by atoms with E-state index in [-0.39, 0.29) is 11.3 Å². The Balaban J connectivity index is 1.94. The lowest BCUT2D eigenvalue weighted by molar-refractivity contribution is 0.474. The maximum absolute atomic E-state index is 12.6. The fourth-order valence-corrected chi connectivity index (χ4v) is 2.78. The van der Waals surface area contributed by atoms with Gasteiger partial charge in [-0.15, -0.1) is 4.68 Å². The first-order chi connectivity index (χ1) is 12.0. The molecule has 4 aromatic rings. The summed E-state index contributed by atoms with van der Waals surface area (Å²) in [6, 6.07) is 12.2. The number of nitrogens with one attached hydrogen (secondary N) is 2. The average Bonchev–Trinajstić information content (AvgIpc) is 2.94. The highest BCUT2D eigenvalue weighted by molar-refractivity contribution is 6.04. The van der Waals surface area contributed by atoms with Crippen molar-refractivity contribution in [3.05, 3.63) is 74.4 Å². The smallest absolute Gasteiger partial charge is 0.350 e. The highest BCUT2D eigenvalue weighted by Crippen LogP contribution is 2.21. The lowest BCUT2D eigenvalue weighted by Gasteiger charge is -1.99. The van der Waals surface area contributed by atoms with Gasteiger partial charge >= 0.3 is 11.2 Å². The Morgan fingerprint density at radius 2 is 1.88 bits per heavy atom. The van der Waals surface area contributed by atoms with Gasteiger partial charge in [0.1, 0.15) is 11.3 Å². The number of rotatable bonds is 2. The number of hydrogen-bond donors (Lipinski definition) is 3.